The molecule has 0 saturated heterocycles. The molecule has 1 atom stereocenters. The quantitative estimate of drug-likeness (QED) is 0.439. The van der Waals surface area contributed by atoms with Crippen molar-refractivity contribution in [3.05, 3.63) is 101 Å². The van der Waals surface area contributed by atoms with E-state index >= 15 is 0 Å². The third kappa shape index (κ3) is 3.61. The van der Waals surface area contributed by atoms with Crippen molar-refractivity contribution in [2.24, 2.45) is 4.99 Å². The number of hydrogen-bond acceptors (Lipinski definition) is 6. The van der Waals surface area contributed by atoms with Crippen LogP contribution in [0.2, 0.25) is 0 Å². The smallest absolute Gasteiger partial charge is 0.341 e. The Bertz CT molecular complexity index is 1420. The highest BCUT2D eigenvalue weighted by molar-refractivity contribution is 5.99. The third-order valence-electron chi connectivity index (χ3n) is 6.12. The molecule has 7 nitrogen and oxygen atoms in total. The van der Waals surface area contributed by atoms with Crippen molar-refractivity contribution in [2.75, 3.05) is 7.11 Å². The minimum Gasteiger partial charge on any atom is -0.507 e. The van der Waals surface area contributed by atoms with Gasteiger partial charge in [-0.05, 0) is 34.9 Å². The average Bonchev–Trinajstić information content (AvgIpc) is 3.25. The summed E-state index contributed by atoms with van der Waals surface area (Å²) in [6, 6.07) is 21.6. The first-order valence-corrected chi connectivity index (χ1v) is 10.8. The lowest BCUT2D eigenvalue weighted by Crippen LogP contribution is -2.40. The van der Waals surface area contributed by atoms with Gasteiger partial charge in [0.05, 0.1) is 12.8 Å². The second-order valence-corrected chi connectivity index (χ2v) is 8.14. The molecule has 34 heavy (non-hydrogen) atoms. The number of aliphatic imine (C=N–C) groups is 1. The molecule has 7 heteroatoms. The molecular formula is C27H22N2O5. The number of esters is 2. The molecule has 1 aliphatic heterocycles. The first-order valence-electron chi connectivity index (χ1n) is 10.8. The molecule has 0 spiro atoms. The molecule has 2 N–H and O–H groups in total. The number of benzene rings is 3. The van der Waals surface area contributed by atoms with Gasteiger partial charge in [0, 0.05) is 23.5 Å². The maximum Gasteiger partial charge on any atom is 0.341 e. The Kier molecular flexibility index (Phi) is 5.37. The zero-order chi connectivity index (χ0) is 23.7. The molecule has 0 aliphatic carbocycles. The van der Waals surface area contributed by atoms with Crippen molar-refractivity contribution >= 4 is 29.1 Å². The fraction of sp³-hybridized carbons (Fsp3) is 0.148. The van der Waals surface area contributed by atoms with Gasteiger partial charge in [0.2, 0.25) is 0 Å². The SMILES string of the molecule is COC(=O)c1cc(C2(C(=O)OCc3ccccc3)Cc3c([nH]c4ccccc34)C=N2)ccc1O. The first-order chi connectivity index (χ1) is 16.5. The van der Waals surface area contributed by atoms with Gasteiger partial charge in [0.15, 0.2) is 5.54 Å². The second kappa shape index (κ2) is 8.51. The van der Waals surface area contributed by atoms with Gasteiger partial charge in [0.25, 0.3) is 0 Å². The van der Waals surface area contributed by atoms with Crippen molar-refractivity contribution in [2.45, 2.75) is 18.6 Å². The van der Waals surface area contributed by atoms with Crippen molar-refractivity contribution < 1.29 is 24.2 Å². The van der Waals surface area contributed by atoms with E-state index in [1.54, 1.807) is 12.3 Å². The summed E-state index contributed by atoms with van der Waals surface area (Å²) in [5.74, 6) is -1.50. The standard InChI is InChI=1S/C27H22N2O5/c1-33-25(31)20-13-18(11-12-24(20)30)27(26(32)34-16-17-7-3-2-4-8-17)14-21-19-9-5-6-10-22(19)29-23(21)15-28-27/h2-13,15,29-30H,14,16H2,1H3. The number of methoxy groups -OCH3 is 1. The van der Waals surface area contributed by atoms with Crippen LogP contribution in [0.1, 0.15) is 32.7 Å². The van der Waals surface area contributed by atoms with Crippen LogP contribution in [0.15, 0.2) is 77.8 Å². The van der Waals surface area contributed by atoms with Crippen molar-refractivity contribution in [3.8, 4) is 5.75 Å². The van der Waals surface area contributed by atoms with E-state index in [2.05, 4.69) is 9.98 Å². The number of hydrogen-bond donors (Lipinski definition) is 2. The number of para-hydroxylation sites is 1. The zero-order valence-corrected chi connectivity index (χ0v) is 18.4. The van der Waals surface area contributed by atoms with Crippen LogP contribution in [0.4, 0.5) is 0 Å². The molecule has 1 unspecified atom stereocenters. The summed E-state index contributed by atoms with van der Waals surface area (Å²) in [6.45, 7) is 0.0830. The number of aromatic hydroxyl groups is 1. The fourth-order valence-corrected chi connectivity index (χ4v) is 4.33. The number of carbonyl (C=O) groups is 2. The number of phenols is 1. The molecule has 0 radical (unpaired) electrons. The number of fused-ring (bicyclic) bond motifs is 3. The predicted octanol–water partition coefficient (Wildman–Crippen LogP) is 4.27. The molecule has 0 saturated carbocycles. The van der Waals surface area contributed by atoms with Gasteiger partial charge in [-0.25, -0.2) is 9.59 Å². The van der Waals surface area contributed by atoms with E-state index in [-0.39, 0.29) is 24.3 Å². The molecule has 1 aromatic heterocycles. The monoisotopic (exact) mass is 454 g/mol. The lowest BCUT2D eigenvalue weighted by atomic mass is 9.81. The minimum absolute atomic E-state index is 0.0462. The van der Waals surface area contributed by atoms with Crippen molar-refractivity contribution in [1.29, 1.82) is 0 Å². The van der Waals surface area contributed by atoms with Crippen LogP contribution in [0.3, 0.4) is 0 Å². The van der Waals surface area contributed by atoms with Crippen LogP contribution in [0.25, 0.3) is 10.9 Å². The second-order valence-electron chi connectivity index (χ2n) is 8.14. The average molecular weight is 454 g/mol. The lowest BCUT2D eigenvalue weighted by Gasteiger charge is -2.31. The maximum atomic E-state index is 13.7. The van der Waals surface area contributed by atoms with E-state index in [1.165, 1.54) is 19.2 Å². The van der Waals surface area contributed by atoms with Crippen LogP contribution in [-0.2, 0) is 32.8 Å². The van der Waals surface area contributed by atoms with Gasteiger partial charge in [-0.2, -0.15) is 0 Å². The van der Waals surface area contributed by atoms with E-state index in [1.807, 2.05) is 54.6 Å². The summed E-state index contributed by atoms with van der Waals surface area (Å²) in [6.07, 6.45) is 1.86. The van der Waals surface area contributed by atoms with Crippen LogP contribution in [0, 0.1) is 0 Å². The Morgan fingerprint density at radius 3 is 2.62 bits per heavy atom. The highest BCUT2D eigenvalue weighted by atomic mass is 16.5. The number of carbonyl (C=O) groups excluding carboxylic acids is 2. The first kappa shape index (κ1) is 21.5. The molecule has 0 bridgehead atoms. The Balaban J connectivity index is 1.61. The summed E-state index contributed by atoms with van der Waals surface area (Å²) in [4.78, 5) is 33.9. The molecule has 170 valence electrons. The molecule has 0 amide bonds. The number of aromatic amines is 1. The van der Waals surface area contributed by atoms with Gasteiger partial charge in [0.1, 0.15) is 17.9 Å². The Morgan fingerprint density at radius 1 is 1.06 bits per heavy atom. The van der Waals surface area contributed by atoms with Crippen LogP contribution in [-0.4, -0.2) is 35.4 Å². The van der Waals surface area contributed by atoms with Gasteiger partial charge >= 0.3 is 11.9 Å². The van der Waals surface area contributed by atoms with Crippen LogP contribution >= 0.6 is 0 Å². The Hall–Kier alpha value is -4.39. The molecule has 1 aliphatic rings. The van der Waals surface area contributed by atoms with Gasteiger partial charge in [-0.3, -0.25) is 4.99 Å². The molecule has 0 fully saturated rings. The number of rotatable bonds is 5. The molecule has 4 aromatic rings. The number of nitrogens with one attached hydrogen (secondary N) is 1. The van der Waals surface area contributed by atoms with E-state index < -0.39 is 17.5 Å². The van der Waals surface area contributed by atoms with Crippen LogP contribution < -0.4 is 0 Å². The van der Waals surface area contributed by atoms with E-state index in [0.717, 1.165) is 27.7 Å². The summed E-state index contributed by atoms with van der Waals surface area (Å²) >= 11 is 0. The fourth-order valence-electron chi connectivity index (χ4n) is 4.33. The summed E-state index contributed by atoms with van der Waals surface area (Å²) in [5, 5.41) is 11.2. The maximum absolute atomic E-state index is 13.7. The third-order valence-corrected chi connectivity index (χ3v) is 6.12. The molecule has 2 heterocycles. The number of nitrogens with zero attached hydrogens (tertiary/aromatic N) is 1. The number of aromatic nitrogens is 1. The van der Waals surface area contributed by atoms with Gasteiger partial charge in [-0.1, -0.05) is 54.6 Å². The van der Waals surface area contributed by atoms with E-state index in [4.69, 9.17) is 9.47 Å². The summed E-state index contributed by atoms with van der Waals surface area (Å²) < 4.78 is 10.5. The summed E-state index contributed by atoms with van der Waals surface area (Å²) in [5.41, 5.74) is 2.47. The Morgan fingerprint density at radius 2 is 1.82 bits per heavy atom. The van der Waals surface area contributed by atoms with Gasteiger partial charge in [-0.15, -0.1) is 0 Å². The van der Waals surface area contributed by atoms with Gasteiger partial charge < -0.3 is 19.6 Å². The van der Waals surface area contributed by atoms with Crippen molar-refractivity contribution in [3.63, 3.8) is 0 Å². The predicted molar refractivity (Wildman–Crippen MR) is 127 cm³/mol. The van der Waals surface area contributed by atoms with E-state index in [9.17, 15) is 14.7 Å². The molecule has 3 aromatic carbocycles. The van der Waals surface area contributed by atoms with Crippen LogP contribution in [0.5, 0.6) is 5.75 Å². The minimum atomic E-state index is -1.44. The number of H-pyrrole nitrogens is 1. The van der Waals surface area contributed by atoms with E-state index in [0.29, 0.717) is 5.56 Å². The molecular weight excluding hydrogens is 432 g/mol. The highest BCUT2D eigenvalue weighted by Crippen LogP contribution is 2.40. The highest BCUT2D eigenvalue weighted by Gasteiger charge is 2.45. The normalized spacial score (nSPS) is 16.7. The van der Waals surface area contributed by atoms with Crippen molar-refractivity contribution in [1.82, 2.24) is 4.98 Å². The molecule has 5 rings (SSSR count). The number of ether oxygens (including phenoxy) is 2. The zero-order valence-electron chi connectivity index (χ0n) is 18.4. The Labute approximate surface area is 195 Å². The largest absolute Gasteiger partial charge is 0.507 e. The number of phenolic OH excluding ortho intramolecular Hbond substituents is 1. The topological polar surface area (TPSA) is 101 Å². The lowest BCUT2D eigenvalue weighted by molar-refractivity contribution is -0.152. The summed E-state index contributed by atoms with van der Waals surface area (Å²) in [7, 11) is 1.23.